The second-order valence-electron chi connectivity index (χ2n) is 5.96. The van der Waals surface area contributed by atoms with Crippen molar-refractivity contribution in [1.82, 2.24) is 4.98 Å². The molecule has 1 aromatic heterocycles. The Morgan fingerprint density at radius 3 is 2.53 bits per heavy atom. The van der Waals surface area contributed by atoms with E-state index in [1.165, 1.54) is 25.7 Å². The largest absolute Gasteiger partial charge is 0.360 e. The van der Waals surface area contributed by atoms with Crippen molar-refractivity contribution in [3.63, 3.8) is 0 Å². The van der Waals surface area contributed by atoms with Crippen molar-refractivity contribution in [3.05, 3.63) is 35.0 Å². The Bertz CT molecular complexity index is 640. The van der Waals surface area contributed by atoms with Crippen LogP contribution in [0.15, 0.2) is 24.4 Å². The fourth-order valence-corrected chi connectivity index (χ4v) is 3.38. The molecule has 0 aliphatic heterocycles. The van der Waals surface area contributed by atoms with E-state index in [1.54, 1.807) is 0 Å². The Balaban J connectivity index is 1.74. The molecule has 0 saturated heterocycles. The zero-order valence-corrected chi connectivity index (χ0v) is 11.4. The number of carbonyl (C=O) groups is 1. The highest BCUT2D eigenvalue weighted by Crippen LogP contribution is 2.50. The van der Waals surface area contributed by atoms with Crippen molar-refractivity contribution >= 4 is 28.3 Å². The number of benzene rings is 1. The summed E-state index contributed by atoms with van der Waals surface area (Å²) in [7, 11) is 0. The van der Waals surface area contributed by atoms with Gasteiger partial charge in [0.25, 0.3) is 0 Å². The molecule has 1 N–H and O–H groups in total. The first kappa shape index (κ1) is 11.5. The molecule has 4 rings (SSSR count). The lowest BCUT2D eigenvalue weighted by Crippen LogP contribution is -2.18. The molecule has 98 valence electrons. The Kier molecular flexibility index (Phi) is 2.49. The third-order valence-corrected chi connectivity index (χ3v) is 4.71. The summed E-state index contributed by atoms with van der Waals surface area (Å²) in [5, 5.41) is 1.72. The van der Waals surface area contributed by atoms with E-state index in [9.17, 15) is 4.79 Å². The topological polar surface area (TPSA) is 32.9 Å². The van der Waals surface area contributed by atoms with Crippen molar-refractivity contribution in [2.24, 2.45) is 17.8 Å². The zero-order chi connectivity index (χ0) is 13.0. The molecule has 0 spiro atoms. The lowest BCUT2D eigenvalue weighted by atomic mass is 9.89. The number of nitrogens with one attached hydrogen (secondary N) is 1. The van der Waals surface area contributed by atoms with Gasteiger partial charge in [0.15, 0.2) is 5.78 Å². The molecule has 19 heavy (non-hydrogen) atoms. The molecule has 0 amide bonds. The molecule has 2 aromatic rings. The van der Waals surface area contributed by atoms with Crippen molar-refractivity contribution in [1.29, 1.82) is 0 Å². The predicted octanol–water partition coefficient (Wildman–Crippen LogP) is 4.44. The van der Waals surface area contributed by atoms with Crippen molar-refractivity contribution in [3.8, 4) is 0 Å². The number of ketones is 1. The smallest absolute Gasteiger partial charge is 0.168 e. The normalized spacial score (nSPS) is 19.3. The number of aromatic amines is 1. The summed E-state index contributed by atoms with van der Waals surface area (Å²) >= 11 is 5.99. The summed E-state index contributed by atoms with van der Waals surface area (Å²) in [5.74, 6) is 1.92. The monoisotopic (exact) mass is 273 g/mol. The summed E-state index contributed by atoms with van der Waals surface area (Å²) in [5.41, 5.74) is 1.82. The number of halogens is 1. The third kappa shape index (κ3) is 1.99. The zero-order valence-electron chi connectivity index (χ0n) is 10.7. The molecule has 0 radical (unpaired) electrons. The lowest BCUT2D eigenvalue weighted by molar-refractivity contribution is 0.0888. The fraction of sp³-hybridized carbons (Fsp3) is 0.438. The fourth-order valence-electron chi connectivity index (χ4n) is 3.21. The SMILES string of the molecule is O=C(c1c[nH]c2cc(Cl)ccc12)C(C1CC1)C1CC1. The van der Waals surface area contributed by atoms with Crippen LogP contribution in [0.4, 0.5) is 0 Å². The van der Waals surface area contributed by atoms with E-state index in [0.717, 1.165) is 16.5 Å². The molecule has 1 heterocycles. The molecule has 2 aliphatic rings. The highest BCUT2D eigenvalue weighted by Gasteiger charge is 2.45. The van der Waals surface area contributed by atoms with Gasteiger partial charge in [-0.25, -0.2) is 0 Å². The first-order chi connectivity index (χ1) is 9.24. The van der Waals surface area contributed by atoms with Crippen LogP contribution in [0.3, 0.4) is 0 Å². The first-order valence-corrected chi connectivity index (χ1v) is 7.42. The number of hydrogen-bond acceptors (Lipinski definition) is 1. The summed E-state index contributed by atoms with van der Waals surface area (Å²) in [6.45, 7) is 0. The summed E-state index contributed by atoms with van der Waals surface area (Å²) in [4.78, 5) is 16.0. The van der Waals surface area contributed by atoms with Gasteiger partial charge < -0.3 is 4.98 Å². The second-order valence-corrected chi connectivity index (χ2v) is 6.39. The van der Waals surface area contributed by atoms with E-state index in [2.05, 4.69) is 4.98 Å². The molecule has 1 aromatic carbocycles. The van der Waals surface area contributed by atoms with Crippen LogP contribution in [0.2, 0.25) is 5.02 Å². The number of rotatable bonds is 4. The van der Waals surface area contributed by atoms with Gasteiger partial charge in [-0.3, -0.25) is 4.79 Å². The molecule has 0 atom stereocenters. The van der Waals surface area contributed by atoms with E-state index in [0.29, 0.717) is 22.6 Å². The van der Waals surface area contributed by atoms with Gasteiger partial charge >= 0.3 is 0 Å². The molecule has 2 nitrogen and oxygen atoms in total. The summed E-state index contributed by atoms with van der Waals surface area (Å²) < 4.78 is 0. The van der Waals surface area contributed by atoms with E-state index in [-0.39, 0.29) is 5.92 Å². The van der Waals surface area contributed by atoms with Crippen LogP contribution in [-0.4, -0.2) is 10.8 Å². The number of H-pyrrole nitrogens is 1. The maximum absolute atomic E-state index is 12.8. The summed E-state index contributed by atoms with van der Waals surface area (Å²) in [6.07, 6.45) is 6.81. The molecule has 2 saturated carbocycles. The van der Waals surface area contributed by atoms with Gasteiger partial charge in [-0.1, -0.05) is 17.7 Å². The van der Waals surface area contributed by atoms with Gasteiger partial charge in [-0.15, -0.1) is 0 Å². The minimum absolute atomic E-state index is 0.273. The first-order valence-electron chi connectivity index (χ1n) is 7.05. The van der Waals surface area contributed by atoms with Gasteiger partial charge in [0.1, 0.15) is 0 Å². The Morgan fingerprint density at radius 1 is 1.21 bits per heavy atom. The Morgan fingerprint density at radius 2 is 1.89 bits per heavy atom. The highest BCUT2D eigenvalue weighted by atomic mass is 35.5. The molecular formula is C16H16ClNO. The number of fused-ring (bicyclic) bond motifs is 1. The average Bonchev–Trinajstić information content (AvgIpc) is 3.30. The predicted molar refractivity (Wildman–Crippen MR) is 76.6 cm³/mol. The molecule has 3 heteroatoms. The van der Waals surface area contributed by atoms with E-state index in [4.69, 9.17) is 11.6 Å². The van der Waals surface area contributed by atoms with Gasteiger partial charge in [-0.05, 0) is 49.7 Å². The van der Waals surface area contributed by atoms with Crippen LogP contribution in [0, 0.1) is 17.8 Å². The number of Topliss-reactive ketones (excluding diaryl/α,β-unsaturated/α-hetero) is 1. The Hall–Kier alpha value is -1.28. The molecular weight excluding hydrogens is 258 g/mol. The van der Waals surface area contributed by atoms with Crippen LogP contribution in [0.1, 0.15) is 36.0 Å². The van der Waals surface area contributed by atoms with Gasteiger partial charge in [0, 0.05) is 33.6 Å². The molecule has 0 unspecified atom stereocenters. The third-order valence-electron chi connectivity index (χ3n) is 4.47. The molecule has 2 fully saturated rings. The van der Waals surface area contributed by atoms with E-state index >= 15 is 0 Å². The van der Waals surface area contributed by atoms with Crippen molar-refractivity contribution < 1.29 is 4.79 Å². The number of aromatic nitrogens is 1. The Labute approximate surface area is 117 Å². The van der Waals surface area contributed by atoms with Crippen LogP contribution in [-0.2, 0) is 0 Å². The maximum atomic E-state index is 12.8. The van der Waals surface area contributed by atoms with E-state index in [1.807, 2.05) is 24.4 Å². The summed E-state index contributed by atoms with van der Waals surface area (Å²) in [6, 6.07) is 5.70. The number of hydrogen-bond donors (Lipinski definition) is 1. The average molecular weight is 274 g/mol. The van der Waals surface area contributed by atoms with Crippen LogP contribution >= 0.6 is 11.6 Å². The minimum atomic E-state index is 0.273. The van der Waals surface area contributed by atoms with E-state index < -0.39 is 0 Å². The van der Waals surface area contributed by atoms with Crippen LogP contribution in [0.25, 0.3) is 10.9 Å². The van der Waals surface area contributed by atoms with Crippen LogP contribution < -0.4 is 0 Å². The standard InChI is InChI=1S/C16H16ClNO/c17-11-5-6-12-13(8-18-14(12)7-11)16(19)15(9-1-2-9)10-3-4-10/h5-10,15,18H,1-4H2. The van der Waals surface area contributed by atoms with Crippen LogP contribution in [0.5, 0.6) is 0 Å². The maximum Gasteiger partial charge on any atom is 0.168 e. The molecule has 0 bridgehead atoms. The second kappa shape index (κ2) is 4.11. The van der Waals surface area contributed by atoms with Crippen molar-refractivity contribution in [2.75, 3.05) is 0 Å². The quantitative estimate of drug-likeness (QED) is 0.821. The highest BCUT2D eigenvalue weighted by molar-refractivity contribution is 6.31. The van der Waals surface area contributed by atoms with Gasteiger partial charge in [0.05, 0.1) is 0 Å². The molecule has 2 aliphatic carbocycles. The van der Waals surface area contributed by atoms with Gasteiger partial charge in [-0.2, -0.15) is 0 Å². The lowest BCUT2D eigenvalue weighted by Gasteiger charge is -2.13. The number of carbonyl (C=O) groups excluding carboxylic acids is 1. The van der Waals surface area contributed by atoms with Gasteiger partial charge in [0.2, 0.25) is 0 Å². The minimum Gasteiger partial charge on any atom is -0.360 e. The van der Waals surface area contributed by atoms with Crippen molar-refractivity contribution in [2.45, 2.75) is 25.7 Å².